The van der Waals surface area contributed by atoms with Gasteiger partial charge in [-0.05, 0) is 69.2 Å². The second kappa shape index (κ2) is 8.37. The van der Waals surface area contributed by atoms with Crippen LogP contribution in [0.4, 0.5) is 0 Å². The second-order valence-corrected chi connectivity index (χ2v) is 7.20. The zero-order chi connectivity index (χ0) is 19.4. The van der Waals surface area contributed by atoms with Crippen molar-refractivity contribution in [2.24, 2.45) is 0 Å². The van der Waals surface area contributed by atoms with Gasteiger partial charge in [-0.2, -0.15) is 5.10 Å². The van der Waals surface area contributed by atoms with Crippen molar-refractivity contribution in [3.8, 4) is 5.75 Å². The highest BCUT2D eigenvalue weighted by molar-refractivity contribution is 5.80. The highest BCUT2D eigenvalue weighted by Crippen LogP contribution is 2.20. The molecule has 6 heteroatoms. The lowest BCUT2D eigenvalue weighted by atomic mass is 9.97. The molecule has 0 saturated carbocycles. The van der Waals surface area contributed by atoms with E-state index in [0.717, 1.165) is 48.1 Å². The molecule has 0 fully saturated rings. The summed E-state index contributed by atoms with van der Waals surface area (Å²) in [5, 5.41) is 7.29. The molecular weight excluding hydrogens is 342 g/mol. The maximum atomic E-state index is 12.3. The Morgan fingerprint density at radius 3 is 2.85 bits per heavy atom. The molecule has 1 amide bonds. The van der Waals surface area contributed by atoms with Gasteiger partial charge in [-0.15, -0.1) is 0 Å². The van der Waals surface area contributed by atoms with E-state index >= 15 is 0 Å². The second-order valence-electron chi connectivity index (χ2n) is 7.20. The molecule has 0 saturated heterocycles. The number of benzene rings is 1. The molecule has 2 aromatic rings. The predicted octanol–water partition coefficient (Wildman–Crippen LogP) is 2.32. The van der Waals surface area contributed by atoms with E-state index in [9.17, 15) is 9.59 Å². The van der Waals surface area contributed by atoms with E-state index in [4.69, 9.17) is 4.74 Å². The van der Waals surface area contributed by atoms with Gasteiger partial charge in [-0.1, -0.05) is 12.1 Å². The normalized spacial score (nSPS) is 14.3. The molecular formula is C21H27N3O3. The van der Waals surface area contributed by atoms with Crippen molar-refractivity contribution in [3.05, 3.63) is 57.0 Å². The number of carbonyl (C=O) groups is 1. The molecule has 0 spiro atoms. The summed E-state index contributed by atoms with van der Waals surface area (Å²) in [6.07, 6.45) is 3.47. The minimum absolute atomic E-state index is 0.107. The molecule has 1 aliphatic carbocycles. The molecule has 0 radical (unpaired) electrons. The van der Waals surface area contributed by atoms with Gasteiger partial charge in [0.1, 0.15) is 5.75 Å². The number of aryl methyl sites for hydroxylation is 4. The average molecular weight is 369 g/mol. The van der Waals surface area contributed by atoms with Gasteiger partial charge in [0.05, 0.1) is 12.2 Å². The van der Waals surface area contributed by atoms with Crippen LogP contribution < -0.4 is 15.6 Å². The molecule has 1 aromatic heterocycles. The lowest BCUT2D eigenvalue weighted by molar-refractivity contribution is -0.127. The summed E-state index contributed by atoms with van der Waals surface area (Å²) in [6.45, 7) is 6.35. The number of nitrogens with zero attached hydrogens (tertiary/aromatic N) is 2. The molecule has 1 heterocycles. The summed E-state index contributed by atoms with van der Waals surface area (Å²) >= 11 is 0. The van der Waals surface area contributed by atoms with Crippen LogP contribution in [0.1, 0.15) is 42.1 Å². The van der Waals surface area contributed by atoms with E-state index in [-0.39, 0.29) is 11.5 Å². The number of nitrogens with one attached hydrogen (secondary N) is 1. The monoisotopic (exact) mass is 369 g/mol. The average Bonchev–Trinajstić information content (AvgIpc) is 2.65. The summed E-state index contributed by atoms with van der Waals surface area (Å²) < 4.78 is 7.24. The van der Waals surface area contributed by atoms with Gasteiger partial charge >= 0.3 is 0 Å². The quantitative estimate of drug-likeness (QED) is 0.848. The Hall–Kier alpha value is -2.63. The summed E-state index contributed by atoms with van der Waals surface area (Å²) in [7, 11) is 0. The van der Waals surface area contributed by atoms with Crippen LogP contribution in [0.25, 0.3) is 0 Å². The Labute approximate surface area is 159 Å². The fourth-order valence-electron chi connectivity index (χ4n) is 3.27. The van der Waals surface area contributed by atoms with Gasteiger partial charge in [0.2, 0.25) is 0 Å². The van der Waals surface area contributed by atoms with Crippen molar-refractivity contribution in [2.75, 3.05) is 6.54 Å². The standard InChI is InChI=1S/C21H27N3O3/c1-14-8-9-15(2)19(12-14)27-16(3)21(26)22-10-11-24-20(25)13-17-6-4-5-7-18(17)23-24/h8-9,12-13,16H,4-7,10-11H2,1-3H3,(H,22,26). The maximum absolute atomic E-state index is 12.3. The predicted molar refractivity (Wildman–Crippen MR) is 104 cm³/mol. The molecule has 1 unspecified atom stereocenters. The zero-order valence-electron chi connectivity index (χ0n) is 16.2. The van der Waals surface area contributed by atoms with Gasteiger partial charge in [-0.25, -0.2) is 4.68 Å². The third kappa shape index (κ3) is 4.76. The van der Waals surface area contributed by atoms with Gasteiger partial charge in [0.15, 0.2) is 6.10 Å². The van der Waals surface area contributed by atoms with Crippen molar-refractivity contribution in [3.63, 3.8) is 0 Å². The minimum atomic E-state index is -0.612. The fourth-order valence-corrected chi connectivity index (χ4v) is 3.27. The first-order valence-electron chi connectivity index (χ1n) is 9.55. The number of aromatic nitrogens is 2. The van der Waals surface area contributed by atoms with Crippen LogP contribution in [-0.4, -0.2) is 28.3 Å². The van der Waals surface area contributed by atoms with Crippen molar-refractivity contribution in [2.45, 2.75) is 59.1 Å². The molecule has 1 aromatic carbocycles. The van der Waals surface area contributed by atoms with Crippen molar-refractivity contribution >= 4 is 5.91 Å². The summed E-state index contributed by atoms with van der Waals surface area (Å²) in [5.74, 6) is 0.507. The number of hydrogen-bond acceptors (Lipinski definition) is 4. The highest BCUT2D eigenvalue weighted by Gasteiger charge is 2.16. The number of carbonyl (C=O) groups excluding carboxylic acids is 1. The molecule has 3 rings (SSSR count). The molecule has 0 bridgehead atoms. The van der Waals surface area contributed by atoms with Crippen molar-refractivity contribution < 1.29 is 9.53 Å². The van der Waals surface area contributed by atoms with Gasteiger partial charge in [0.25, 0.3) is 11.5 Å². The molecule has 1 atom stereocenters. The van der Waals surface area contributed by atoms with E-state index in [1.807, 2.05) is 32.0 Å². The number of fused-ring (bicyclic) bond motifs is 1. The molecule has 1 N–H and O–H groups in total. The minimum Gasteiger partial charge on any atom is -0.481 e. The SMILES string of the molecule is Cc1ccc(C)c(OC(C)C(=O)NCCn2nc3c(cc2=O)CCCC3)c1. The van der Waals surface area contributed by atoms with E-state index in [0.29, 0.717) is 18.8 Å². The molecule has 1 aliphatic rings. The van der Waals surface area contributed by atoms with Gasteiger partial charge in [-0.3, -0.25) is 9.59 Å². The third-order valence-corrected chi connectivity index (χ3v) is 4.91. The lowest BCUT2D eigenvalue weighted by Crippen LogP contribution is -2.39. The zero-order valence-corrected chi connectivity index (χ0v) is 16.2. The fraction of sp³-hybridized carbons (Fsp3) is 0.476. The maximum Gasteiger partial charge on any atom is 0.267 e. The van der Waals surface area contributed by atoms with Gasteiger partial charge < -0.3 is 10.1 Å². The number of hydrogen-bond donors (Lipinski definition) is 1. The smallest absolute Gasteiger partial charge is 0.267 e. The third-order valence-electron chi connectivity index (χ3n) is 4.91. The molecule has 6 nitrogen and oxygen atoms in total. The van der Waals surface area contributed by atoms with E-state index in [1.165, 1.54) is 4.68 Å². The molecule has 27 heavy (non-hydrogen) atoms. The van der Waals surface area contributed by atoms with Crippen LogP contribution in [0.15, 0.2) is 29.1 Å². The van der Waals surface area contributed by atoms with Gasteiger partial charge in [0, 0.05) is 12.6 Å². The van der Waals surface area contributed by atoms with E-state index in [2.05, 4.69) is 10.4 Å². The Bertz CT molecular complexity index is 889. The topological polar surface area (TPSA) is 73.2 Å². The number of ether oxygens (including phenoxy) is 1. The summed E-state index contributed by atoms with van der Waals surface area (Å²) in [6, 6.07) is 7.60. The lowest BCUT2D eigenvalue weighted by Gasteiger charge is -2.18. The van der Waals surface area contributed by atoms with E-state index in [1.54, 1.807) is 13.0 Å². The Kier molecular flexibility index (Phi) is 5.94. The van der Waals surface area contributed by atoms with Crippen LogP contribution >= 0.6 is 0 Å². The van der Waals surface area contributed by atoms with Crippen LogP contribution in [0.5, 0.6) is 5.75 Å². The Morgan fingerprint density at radius 2 is 2.04 bits per heavy atom. The molecule has 144 valence electrons. The van der Waals surface area contributed by atoms with Crippen LogP contribution in [0, 0.1) is 13.8 Å². The largest absolute Gasteiger partial charge is 0.481 e. The van der Waals surface area contributed by atoms with E-state index < -0.39 is 6.10 Å². The first-order valence-corrected chi connectivity index (χ1v) is 9.55. The van der Waals surface area contributed by atoms with Crippen LogP contribution in [-0.2, 0) is 24.2 Å². The number of rotatable bonds is 6. The van der Waals surface area contributed by atoms with Crippen molar-refractivity contribution in [1.82, 2.24) is 15.1 Å². The van der Waals surface area contributed by atoms with Crippen LogP contribution in [0.2, 0.25) is 0 Å². The Morgan fingerprint density at radius 1 is 1.26 bits per heavy atom. The van der Waals surface area contributed by atoms with Crippen molar-refractivity contribution in [1.29, 1.82) is 0 Å². The highest BCUT2D eigenvalue weighted by atomic mass is 16.5. The summed E-state index contributed by atoms with van der Waals surface area (Å²) in [4.78, 5) is 24.5. The first-order chi connectivity index (χ1) is 12.9. The molecule has 0 aliphatic heterocycles. The first kappa shape index (κ1) is 19.1. The van der Waals surface area contributed by atoms with Crippen LogP contribution in [0.3, 0.4) is 0 Å². The Balaban J connectivity index is 1.55. The number of amides is 1. The summed E-state index contributed by atoms with van der Waals surface area (Å²) in [5.41, 5.74) is 4.05.